The zero-order valence-electron chi connectivity index (χ0n) is 10.6. The second-order valence-electron chi connectivity index (χ2n) is 5.09. The molecule has 18 heavy (non-hydrogen) atoms. The molecule has 1 aliphatic rings. The summed E-state index contributed by atoms with van der Waals surface area (Å²) in [5.41, 5.74) is 0.454. The summed E-state index contributed by atoms with van der Waals surface area (Å²) < 4.78 is 6.49. The number of anilines is 1. The van der Waals surface area contributed by atoms with Crippen LogP contribution in [0, 0.1) is 5.41 Å². The van der Waals surface area contributed by atoms with Crippen LogP contribution in [-0.2, 0) is 4.74 Å². The molecule has 1 aliphatic carbocycles. The number of thiophene rings is 1. The summed E-state index contributed by atoms with van der Waals surface area (Å²) in [5, 5.41) is 6.89. The summed E-state index contributed by atoms with van der Waals surface area (Å²) in [6.07, 6.45) is 5.65. The maximum Gasteiger partial charge on any atom is 0.134 e. The molecule has 1 fully saturated rings. The second-order valence-corrected chi connectivity index (χ2v) is 6.04. The fraction of sp³-hybridized carbons (Fsp3) is 0.500. The molecule has 0 bridgehead atoms. The van der Waals surface area contributed by atoms with Gasteiger partial charge < -0.3 is 10.1 Å². The van der Waals surface area contributed by atoms with Gasteiger partial charge in [-0.1, -0.05) is 0 Å². The van der Waals surface area contributed by atoms with Crippen LogP contribution in [0.2, 0.25) is 0 Å². The Labute approximate surface area is 111 Å². The van der Waals surface area contributed by atoms with E-state index in [1.165, 1.54) is 22.9 Å². The molecule has 0 spiro atoms. The van der Waals surface area contributed by atoms with Gasteiger partial charge in [0.25, 0.3) is 0 Å². The van der Waals surface area contributed by atoms with Crippen molar-refractivity contribution in [3.8, 4) is 0 Å². The van der Waals surface area contributed by atoms with Crippen LogP contribution in [0.1, 0.15) is 19.3 Å². The van der Waals surface area contributed by atoms with E-state index < -0.39 is 0 Å². The lowest BCUT2D eigenvalue weighted by atomic mass is 10.0. The van der Waals surface area contributed by atoms with Gasteiger partial charge in [-0.3, -0.25) is 0 Å². The van der Waals surface area contributed by atoms with Crippen molar-refractivity contribution >= 4 is 27.2 Å². The third-order valence-corrected chi connectivity index (χ3v) is 4.69. The van der Waals surface area contributed by atoms with Crippen molar-refractivity contribution in [2.75, 3.05) is 25.6 Å². The first-order valence-electron chi connectivity index (χ1n) is 6.38. The van der Waals surface area contributed by atoms with Crippen molar-refractivity contribution in [2.24, 2.45) is 5.41 Å². The maximum atomic E-state index is 5.19. The van der Waals surface area contributed by atoms with Crippen LogP contribution in [0.5, 0.6) is 0 Å². The standard InChI is InChI=1S/C14H18N2OS/c1-17-8-6-14(4-5-14)10-16-13-11-3-9-18-12(11)2-7-15-13/h2-3,7,9H,4-6,8,10H2,1H3,(H,15,16). The second kappa shape index (κ2) is 4.86. The first-order valence-corrected chi connectivity index (χ1v) is 7.26. The van der Waals surface area contributed by atoms with Gasteiger partial charge in [0.15, 0.2) is 0 Å². The van der Waals surface area contributed by atoms with Gasteiger partial charge in [-0.05, 0) is 42.2 Å². The summed E-state index contributed by atoms with van der Waals surface area (Å²) in [6, 6.07) is 4.22. The monoisotopic (exact) mass is 262 g/mol. The van der Waals surface area contributed by atoms with Crippen LogP contribution < -0.4 is 5.32 Å². The molecule has 2 aromatic rings. The smallest absolute Gasteiger partial charge is 0.134 e. The number of rotatable bonds is 6. The van der Waals surface area contributed by atoms with E-state index in [0.29, 0.717) is 5.41 Å². The van der Waals surface area contributed by atoms with Gasteiger partial charge in [-0.25, -0.2) is 4.98 Å². The highest BCUT2D eigenvalue weighted by Gasteiger charge is 2.41. The first-order chi connectivity index (χ1) is 8.83. The SMILES string of the molecule is COCCC1(CNc2nccc3sccc23)CC1. The maximum absolute atomic E-state index is 5.19. The number of nitrogens with zero attached hydrogens (tertiary/aromatic N) is 1. The quantitative estimate of drug-likeness (QED) is 0.865. The molecule has 0 aliphatic heterocycles. The summed E-state index contributed by atoms with van der Waals surface area (Å²) >= 11 is 1.76. The minimum absolute atomic E-state index is 0.454. The highest BCUT2D eigenvalue weighted by molar-refractivity contribution is 7.17. The molecule has 1 saturated carbocycles. The molecule has 0 atom stereocenters. The zero-order valence-corrected chi connectivity index (χ0v) is 11.4. The number of hydrogen-bond donors (Lipinski definition) is 1. The highest BCUT2D eigenvalue weighted by Crippen LogP contribution is 2.48. The molecular formula is C14H18N2OS. The number of aromatic nitrogens is 1. The Balaban J connectivity index is 1.68. The van der Waals surface area contributed by atoms with E-state index in [9.17, 15) is 0 Å². The van der Waals surface area contributed by atoms with Gasteiger partial charge in [0.2, 0.25) is 0 Å². The normalized spacial score (nSPS) is 16.9. The average molecular weight is 262 g/mol. The molecule has 2 aromatic heterocycles. The number of nitrogens with one attached hydrogen (secondary N) is 1. The van der Waals surface area contributed by atoms with Crippen molar-refractivity contribution in [2.45, 2.75) is 19.3 Å². The number of fused-ring (bicyclic) bond motifs is 1. The van der Waals surface area contributed by atoms with Gasteiger partial charge in [0.1, 0.15) is 5.82 Å². The summed E-state index contributed by atoms with van der Waals surface area (Å²) in [5.74, 6) is 1.03. The van der Waals surface area contributed by atoms with Crippen LogP contribution in [0.15, 0.2) is 23.7 Å². The minimum Gasteiger partial charge on any atom is -0.385 e. The third-order valence-electron chi connectivity index (χ3n) is 3.80. The molecule has 0 amide bonds. The minimum atomic E-state index is 0.454. The Morgan fingerprint density at radius 1 is 1.44 bits per heavy atom. The van der Waals surface area contributed by atoms with Gasteiger partial charge in [-0.15, -0.1) is 11.3 Å². The Morgan fingerprint density at radius 2 is 2.33 bits per heavy atom. The Kier molecular flexibility index (Phi) is 3.22. The van der Waals surface area contributed by atoms with E-state index >= 15 is 0 Å². The molecule has 0 radical (unpaired) electrons. The molecule has 1 N–H and O–H groups in total. The van der Waals surface area contributed by atoms with E-state index in [-0.39, 0.29) is 0 Å². The summed E-state index contributed by atoms with van der Waals surface area (Å²) in [6.45, 7) is 1.87. The Bertz CT molecular complexity index is 533. The summed E-state index contributed by atoms with van der Waals surface area (Å²) in [4.78, 5) is 4.45. The van der Waals surface area contributed by atoms with E-state index in [0.717, 1.165) is 25.4 Å². The van der Waals surface area contributed by atoms with E-state index in [2.05, 4.69) is 27.8 Å². The number of pyridine rings is 1. The zero-order chi connectivity index (χ0) is 12.4. The lowest BCUT2D eigenvalue weighted by Gasteiger charge is -2.16. The fourth-order valence-corrected chi connectivity index (χ4v) is 3.10. The molecule has 4 heteroatoms. The summed E-state index contributed by atoms with van der Waals surface area (Å²) in [7, 11) is 1.77. The van der Waals surface area contributed by atoms with Gasteiger partial charge in [0, 0.05) is 36.5 Å². The third kappa shape index (κ3) is 2.35. The van der Waals surface area contributed by atoms with Gasteiger partial charge >= 0.3 is 0 Å². The topological polar surface area (TPSA) is 34.1 Å². The van der Waals surface area contributed by atoms with Crippen molar-refractivity contribution in [3.05, 3.63) is 23.7 Å². The molecule has 96 valence electrons. The van der Waals surface area contributed by atoms with Crippen molar-refractivity contribution in [3.63, 3.8) is 0 Å². The van der Waals surface area contributed by atoms with Crippen LogP contribution in [-0.4, -0.2) is 25.2 Å². The fourth-order valence-electron chi connectivity index (χ4n) is 2.32. The van der Waals surface area contributed by atoms with E-state index in [4.69, 9.17) is 4.74 Å². The molecular weight excluding hydrogens is 244 g/mol. The van der Waals surface area contributed by atoms with Crippen LogP contribution in [0.25, 0.3) is 10.1 Å². The van der Waals surface area contributed by atoms with Crippen LogP contribution in [0.3, 0.4) is 0 Å². The van der Waals surface area contributed by atoms with Crippen LogP contribution in [0.4, 0.5) is 5.82 Å². The molecule has 0 unspecified atom stereocenters. The first kappa shape index (κ1) is 11.9. The number of methoxy groups -OCH3 is 1. The average Bonchev–Trinajstić information content (AvgIpc) is 3.00. The molecule has 3 rings (SSSR count). The van der Waals surface area contributed by atoms with Crippen molar-refractivity contribution < 1.29 is 4.74 Å². The van der Waals surface area contributed by atoms with Gasteiger partial charge in [-0.2, -0.15) is 0 Å². The highest BCUT2D eigenvalue weighted by atomic mass is 32.1. The molecule has 2 heterocycles. The largest absolute Gasteiger partial charge is 0.385 e. The van der Waals surface area contributed by atoms with Crippen LogP contribution >= 0.6 is 11.3 Å². The van der Waals surface area contributed by atoms with E-state index in [1.54, 1.807) is 18.4 Å². The predicted octanol–water partition coefficient (Wildman–Crippen LogP) is 3.52. The van der Waals surface area contributed by atoms with Crippen molar-refractivity contribution in [1.82, 2.24) is 4.98 Å². The molecule has 0 aromatic carbocycles. The lowest BCUT2D eigenvalue weighted by molar-refractivity contribution is 0.175. The van der Waals surface area contributed by atoms with Gasteiger partial charge in [0.05, 0.1) is 0 Å². The van der Waals surface area contributed by atoms with E-state index in [1.807, 2.05) is 6.20 Å². The Hall–Kier alpha value is -1.13. The number of hydrogen-bond acceptors (Lipinski definition) is 4. The predicted molar refractivity (Wildman–Crippen MR) is 76.3 cm³/mol. The van der Waals surface area contributed by atoms with Crippen molar-refractivity contribution in [1.29, 1.82) is 0 Å². The molecule has 3 nitrogen and oxygen atoms in total. The number of ether oxygens (including phenoxy) is 1. The Morgan fingerprint density at radius 3 is 3.11 bits per heavy atom. The lowest BCUT2D eigenvalue weighted by Crippen LogP contribution is -2.17. The molecule has 0 saturated heterocycles.